The summed E-state index contributed by atoms with van der Waals surface area (Å²) in [5.74, 6) is -0.860. The fourth-order valence-electron chi connectivity index (χ4n) is 4.00. The van der Waals surface area contributed by atoms with Gasteiger partial charge >= 0.3 is 0 Å². The second kappa shape index (κ2) is 5.43. The summed E-state index contributed by atoms with van der Waals surface area (Å²) in [5.41, 5.74) is 0.663. The Kier molecular flexibility index (Phi) is 3.51. The van der Waals surface area contributed by atoms with Crippen LogP contribution in [0.5, 0.6) is 0 Å². The molecule has 1 saturated heterocycles. The van der Waals surface area contributed by atoms with Crippen LogP contribution in [0.4, 0.5) is 5.69 Å². The van der Waals surface area contributed by atoms with Crippen LogP contribution in [0.1, 0.15) is 6.42 Å². The second-order valence-electron chi connectivity index (χ2n) is 6.32. The van der Waals surface area contributed by atoms with E-state index in [4.69, 9.17) is 0 Å². The molecule has 2 fully saturated rings. The molecule has 3 aliphatic rings. The number of rotatable bonds is 3. The van der Waals surface area contributed by atoms with Crippen LogP contribution in [0.25, 0.3) is 0 Å². The molecule has 5 nitrogen and oxygen atoms in total. The lowest BCUT2D eigenvalue weighted by Crippen LogP contribution is -2.39. The minimum Gasteiger partial charge on any atom is -0.325 e. The summed E-state index contributed by atoms with van der Waals surface area (Å²) in [4.78, 5) is 38.3. The molecule has 1 aromatic carbocycles. The number of halogens is 1. The van der Waals surface area contributed by atoms with Crippen molar-refractivity contribution in [2.24, 2.45) is 23.7 Å². The molecule has 1 N–H and O–H groups in total. The SMILES string of the molecule is O=C(CN1C(=O)[C@@H]2[C@@H](C1=O)[C@H]1C=C[C@H]2C1)Nc1ccc(I)cc1. The largest absolute Gasteiger partial charge is 0.325 e. The molecule has 0 aromatic heterocycles. The van der Waals surface area contributed by atoms with E-state index in [9.17, 15) is 14.4 Å². The number of amides is 3. The number of nitrogens with one attached hydrogen (secondary N) is 1. The average Bonchev–Trinajstić information content (AvgIpc) is 3.19. The van der Waals surface area contributed by atoms with Crippen LogP contribution in [-0.4, -0.2) is 29.2 Å². The average molecular weight is 422 g/mol. The van der Waals surface area contributed by atoms with E-state index in [1.54, 1.807) is 12.1 Å². The van der Waals surface area contributed by atoms with E-state index in [-0.39, 0.29) is 47.9 Å². The lowest BCUT2D eigenvalue weighted by Gasteiger charge is -2.16. The van der Waals surface area contributed by atoms with Gasteiger partial charge in [0.05, 0.1) is 11.8 Å². The minimum atomic E-state index is -0.340. The number of likely N-dealkylation sites (tertiary alicyclic amines) is 1. The third-order valence-corrected chi connectivity index (χ3v) is 5.71. The molecule has 2 aliphatic carbocycles. The molecule has 4 rings (SSSR count). The number of hydrogen-bond acceptors (Lipinski definition) is 3. The first-order valence-corrected chi connectivity index (χ1v) is 8.71. The molecule has 118 valence electrons. The number of benzene rings is 1. The van der Waals surface area contributed by atoms with Crippen molar-refractivity contribution in [3.05, 3.63) is 40.0 Å². The van der Waals surface area contributed by atoms with Gasteiger partial charge in [-0.15, -0.1) is 0 Å². The van der Waals surface area contributed by atoms with Crippen LogP contribution in [0.3, 0.4) is 0 Å². The normalized spacial score (nSPS) is 30.9. The van der Waals surface area contributed by atoms with Crippen molar-refractivity contribution in [1.29, 1.82) is 0 Å². The monoisotopic (exact) mass is 422 g/mol. The van der Waals surface area contributed by atoms with Crippen molar-refractivity contribution >= 4 is 46.0 Å². The third kappa shape index (κ3) is 2.39. The van der Waals surface area contributed by atoms with Gasteiger partial charge in [0, 0.05) is 9.26 Å². The minimum absolute atomic E-state index is 0.172. The topological polar surface area (TPSA) is 66.5 Å². The fraction of sp³-hybridized carbons (Fsp3) is 0.353. The summed E-state index contributed by atoms with van der Waals surface area (Å²) in [7, 11) is 0. The first-order chi connectivity index (χ1) is 11.0. The molecule has 0 unspecified atom stereocenters. The van der Waals surface area contributed by atoms with E-state index in [0.717, 1.165) is 14.9 Å². The highest BCUT2D eigenvalue weighted by Gasteiger charge is 2.59. The Morgan fingerprint density at radius 3 is 2.22 bits per heavy atom. The molecule has 4 atom stereocenters. The van der Waals surface area contributed by atoms with Crippen molar-refractivity contribution in [3.8, 4) is 0 Å². The van der Waals surface area contributed by atoms with Gasteiger partial charge in [-0.05, 0) is 65.1 Å². The first-order valence-electron chi connectivity index (χ1n) is 7.63. The molecular weight excluding hydrogens is 407 g/mol. The zero-order valence-electron chi connectivity index (χ0n) is 12.2. The molecule has 1 saturated carbocycles. The number of imide groups is 1. The molecule has 0 radical (unpaired) electrons. The van der Waals surface area contributed by atoms with Crippen molar-refractivity contribution in [3.63, 3.8) is 0 Å². The Labute approximate surface area is 147 Å². The molecule has 1 heterocycles. The zero-order valence-corrected chi connectivity index (χ0v) is 14.4. The van der Waals surface area contributed by atoms with E-state index in [1.165, 1.54) is 0 Å². The molecular formula is C17H15IN2O3. The van der Waals surface area contributed by atoms with Gasteiger partial charge in [0.2, 0.25) is 17.7 Å². The van der Waals surface area contributed by atoms with Crippen LogP contribution >= 0.6 is 22.6 Å². The first kappa shape index (κ1) is 14.9. The standard InChI is InChI=1S/C17H15IN2O3/c18-11-3-5-12(6-4-11)19-13(21)8-20-16(22)14-9-1-2-10(7-9)15(14)17(20)23/h1-6,9-10,14-15H,7-8H2,(H,19,21)/t9-,10-,14-,15-/m0/s1. The number of anilines is 1. The highest BCUT2D eigenvalue weighted by molar-refractivity contribution is 14.1. The quantitative estimate of drug-likeness (QED) is 0.461. The van der Waals surface area contributed by atoms with E-state index in [2.05, 4.69) is 27.9 Å². The van der Waals surface area contributed by atoms with E-state index < -0.39 is 0 Å². The Morgan fingerprint density at radius 2 is 1.65 bits per heavy atom. The van der Waals surface area contributed by atoms with Gasteiger partial charge in [-0.1, -0.05) is 12.2 Å². The van der Waals surface area contributed by atoms with Crippen LogP contribution in [0, 0.1) is 27.2 Å². The van der Waals surface area contributed by atoms with Gasteiger partial charge in [-0.3, -0.25) is 19.3 Å². The lowest BCUT2D eigenvalue weighted by molar-refractivity contribution is -0.143. The van der Waals surface area contributed by atoms with Gasteiger partial charge < -0.3 is 5.32 Å². The smallest absolute Gasteiger partial charge is 0.244 e. The molecule has 1 aromatic rings. The Bertz CT molecular complexity index is 698. The number of allylic oxidation sites excluding steroid dienone is 2. The Hall–Kier alpha value is -1.70. The van der Waals surface area contributed by atoms with Crippen LogP contribution < -0.4 is 5.32 Å². The van der Waals surface area contributed by atoms with Gasteiger partial charge in [-0.25, -0.2) is 0 Å². The van der Waals surface area contributed by atoms with Crippen LogP contribution in [-0.2, 0) is 14.4 Å². The van der Waals surface area contributed by atoms with E-state index in [1.807, 2.05) is 24.3 Å². The predicted molar refractivity (Wildman–Crippen MR) is 92.2 cm³/mol. The van der Waals surface area contributed by atoms with Gasteiger partial charge in [0.25, 0.3) is 0 Å². The van der Waals surface area contributed by atoms with Crippen LogP contribution in [0.2, 0.25) is 0 Å². The maximum absolute atomic E-state index is 12.5. The van der Waals surface area contributed by atoms with E-state index in [0.29, 0.717) is 5.69 Å². The summed E-state index contributed by atoms with van der Waals surface area (Å²) in [6.45, 7) is -0.198. The molecule has 0 spiro atoms. The Balaban J connectivity index is 1.45. The number of carbonyl (C=O) groups is 3. The summed E-state index contributed by atoms with van der Waals surface area (Å²) < 4.78 is 1.07. The number of nitrogens with zero attached hydrogens (tertiary/aromatic N) is 1. The summed E-state index contributed by atoms with van der Waals surface area (Å²) in [5, 5.41) is 2.74. The molecule has 1 aliphatic heterocycles. The molecule has 6 heteroatoms. The lowest BCUT2D eigenvalue weighted by atomic mass is 9.85. The predicted octanol–water partition coefficient (Wildman–Crippen LogP) is 2.04. The molecule has 3 amide bonds. The number of hydrogen-bond donors (Lipinski definition) is 1. The summed E-state index contributed by atoms with van der Waals surface area (Å²) in [6, 6.07) is 7.37. The summed E-state index contributed by atoms with van der Waals surface area (Å²) in [6.07, 6.45) is 4.99. The van der Waals surface area contributed by atoms with Crippen LogP contribution in [0.15, 0.2) is 36.4 Å². The van der Waals surface area contributed by atoms with Gasteiger partial charge in [0.1, 0.15) is 6.54 Å². The fourth-order valence-corrected chi connectivity index (χ4v) is 4.36. The van der Waals surface area contributed by atoms with Crippen molar-refractivity contribution in [1.82, 2.24) is 4.90 Å². The molecule has 2 bridgehead atoms. The van der Waals surface area contributed by atoms with Gasteiger partial charge in [-0.2, -0.15) is 0 Å². The van der Waals surface area contributed by atoms with Gasteiger partial charge in [0.15, 0.2) is 0 Å². The Morgan fingerprint density at radius 1 is 1.09 bits per heavy atom. The van der Waals surface area contributed by atoms with Crippen molar-refractivity contribution in [2.75, 3.05) is 11.9 Å². The second-order valence-corrected chi connectivity index (χ2v) is 7.56. The maximum atomic E-state index is 12.5. The third-order valence-electron chi connectivity index (χ3n) is 4.99. The van der Waals surface area contributed by atoms with Crippen molar-refractivity contribution < 1.29 is 14.4 Å². The number of carbonyl (C=O) groups excluding carboxylic acids is 3. The summed E-state index contributed by atoms with van der Waals surface area (Å²) >= 11 is 2.18. The highest BCUT2D eigenvalue weighted by atomic mass is 127. The molecule has 23 heavy (non-hydrogen) atoms. The highest BCUT2D eigenvalue weighted by Crippen LogP contribution is 2.52. The van der Waals surface area contributed by atoms with E-state index >= 15 is 0 Å². The zero-order chi connectivity index (χ0) is 16.1. The van der Waals surface area contributed by atoms with Crippen molar-refractivity contribution in [2.45, 2.75) is 6.42 Å². The number of fused-ring (bicyclic) bond motifs is 5. The maximum Gasteiger partial charge on any atom is 0.244 e.